The lowest BCUT2D eigenvalue weighted by atomic mass is 10.1. The number of hydrogen-bond donors (Lipinski definition) is 2. The summed E-state index contributed by atoms with van der Waals surface area (Å²) in [6.45, 7) is 4.87. The lowest BCUT2D eigenvalue weighted by Crippen LogP contribution is -2.29. The third kappa shape index (κ3) is 5.57. The molecular weight excluding hydrogens is 293 g/mol. The van der Waals surface area contributed by atoms with Gasteiger partial charge in [-0.1, -0.05) is 25.1 Å². The first-order chi connectivity index (χ1) is 11.1. The fourth-order valence-corrected chi connectivity index (χ4v) is 2.64. The zero-order chi connectivity index (χ0) is 16.7. The van der Waals surface area contributed by atoms with Gasteiger partial charge in [0.25, 0.3) is 0 Å². The standard InChI is InChI=1S/C19H24FNO2/c1-2-10-21(11-8-15-4-3-5-17(22)13-15)12-9-16-6-7-19(23)18(20)14-16/h3-7,13-14,22-23H,2,8-12H2,1H3. The largest absolute Gasteiger partial charge is 0.508 e. The number of aromatic hydroxyl groups is 2. The van der Waals surface area contributed by atoms with E-state index in [1.807, 2.05) is 12.1 Å². The summed E-state index contributed by atoms with van der Waals surface area (Å²) in [4.78, 5) is 2.34. The molecule has 0 radical (unpaired) electrons. The van der Waals surface area contributed by atoms with Gasteiger partial charge in [0.15, 0.2) is 11.6 Å². The predicted molar refractivity (Wildman–Crippen MR) is 90.3 cm³/mol. The van der Waals surface area contributed by atoms with Gasteiger partial charge < -0.3 is 15.1 Å². The maximum atomic E-state index is 13.4. The summed E-state index contributed by atoms with van der Waals surface area (Å²) < 4.78 is 13.4. The summed E-state index contributed by atoms with van der Waals surface area (Å²) in [5.41, 5.74) is 2.00. The Bertz CT molecular complexity index is 631. The van der Waals surface area contributed by atoms with E-state index in [1.54, 1.807) is 18.2 Å². The molecule has 0 aliphatic rings. The van der Waals surface area contributed by atoms with Crippen LogP contribution >= 0.6 is 0 Å². The van der Waals surface area contributed by atoms with Crippen LogP contribution in [0.4, 0.5) is 4.39 Å². The van der Waals surface area contributed by atoms with Crippen molar-refractivity contribution in [1.29, 1.82) is 0 Å². The van der Waals surface area contributed by atoms with E-state index >= 15 is 0 Å². The molecule has 2 N–H and O–H groups in total. The van der Waals surface area contributed by atoms with Crippen LogP contribution in [0.3, 0.4) is 0 Å². The highest BCUT2D eigenvalue weighted by molar-refractivity contribution is 5.28. The highest BCUT2D eigenvalue weighted by atomic mass is 19.1. The van der Waals surface area contributed by atoms with Crippen LogP contribution in [0.1, 0.15) is 24.5 Å². The lowest BCUT2D eigenvalue weighted by molar-refractivity contribution is 0.280. The van der Waals surface area contributed by atoms with Crippen molar-refractivity contribution in [2.75, 3.05) is 19.6 Å². The number of benzene rings is 2. The second-order valence-corrected chi connectivity index (χ2v) is 5.80. The van der Waals surface area contributed by atoms with E-state index in [1.165, 1.54) is 12.1 Å². The van der Waals surface area contributed by atoms with Crippen molar-refractivity contribution in [2.45, 2.75) is 26.2 Å². The van der Waals surface area contributed by atoms with Gasteiger partial charge in [0.1, 0.15) is 5.75 Å². The van der Waals surface area contributed by atoms with E-state index in [2.05, 4.69) is 11.8 Å². The van der Waals surface area contributed by atoms with E-state index in [0.29, 0.717) is 5.75 Å². The molecule has 0 saturated carbocycles. The Morgan fingerprint density at radius 1 is 0.913 bits per heavy atom. The third-order valence-electron chi connectivity index (χ3n) is 3.90. The molecule has 0 heterocycles. The lowest BCUT2D eigenvalue weighted by Gasteiger charge is -2.21. The van der Waals surface area contributed by atoms with Gasteiger partial charge in [0.2, 0.25) is 0 Å². The van der Waals surface area contributed by atoms with Crippen LogP contribution in [-0.4, -0.2) is 34.7 Å². The molecule has 0 unspecified atom stereocenters. The van der Waals surface area contributed by atoms with Crippen molar-refractivity contribution in [2.24, 2.45) is 0 Å². The van der Waals surface area contributed by atoms with Crippen LogP contribution in [0.2, 0.25) is 0 Å². The Hall–Kier alpha value is -2.07. The first-order valence-corrected chi connectivity index (χ1v) is 8.06. The fourth-order valence-electron chi connectivity index (χ4n) is 2.64. The molecule has 3 nitrogen and oxygen atoms in total. The predicted octanol–water partition coefficient (Wildman–Crippen LogP) is 3.73. The summed E-state index contributed by atoms with van der Waals surface area (Å²) in [5, 5.41) is 18.7. The van der Waals surface area contributed by atoms with E-state index in [9.17, 15) is 14.6 Å². The number of phenolic OH excluding ortho intramolecular Hbond substituents is 2. The Labute approximate surface area is 137 Å². The van der Waals surface area contributed by atoms with E-state index in [-0.39, 0.29) is 5.75 Å². The maximum absolute atomic E-state index is 13.4. The highest BCUT2D eigenvalue weighted by Crippen LogP contribution is 2.17. The van der Waals surface area contributed by atoms with Crippen molar-refractivity contribution in [3.05, 3.63) is 59.4 Å². The Kier molecular flexibility index (Phi) is 6.41. The van der Waals surface area contributed by atoms with Crippen LogP contribution in [0.15, 0.2) is 42.5 Å². The molecule has 0 saturated heterocycles. The second-order valence-electron chi connectivity index (χ2n) is 5.80. The van der Waals surface area contributed by atoms with Crippen LogP contribution in [-0.2, 0) is 12.8 Å². The quantitative estimate of drug-likeness (QED) is 0.779. The van der Waals surface area contributed by atoms with Crippen molar-refractivity contribution in [3.63, 3.8) is 0 Å². The summed E-state index contributed by atoms with van der Waals surface area (Å²) in [6, 6.07) is 11.9. The second kappa shape index (κ2) is 8.53. The first kappa shape index (κ1) is 17.3. The molecule has 4 heteroatoms. The summed E-state index contributed by atoms with van der Waals surface area (Å²) in [7, 11) is 0. The summed E-state index contributed by atoms with van der Waals surface area (Å²) >= 11 is 0. The topological polar surface area (TPSA) is 43.7 Å². The molecule has 2 rings (SSSR count). The summed E-state index contributed by atoms with van der Waals surface area (Å²) in [5.74, 6) is -0.573. The average Bonchev–Trinajstić information content (AvgIpc) is 2.53. The average molecular weight is 317 g/mol. The molecule has 0 aromatic heterocycles. The highest BCUT2D eigenvalue weighted by Gasteiger charge is 2.07. The van der Waals surface area contributed by atoms with Gasteiger partial charge in [-0.3, -0.25) is 0 Å². The number of halogens is 1. The van der Waals surface area contributed by atoms with Crippen molar-refractivity contribution in [1.82, 2.24) is 4.90 Å². The van der Waals surface area contributed by atoms with Gasteiger partial charge in [-0.25, -0.2) is 4.39 Å². The van der Waals surface area contributed by atoms with Gasteiger partial charge in [-0.05, 0) is 61.2 Å². The van der Waals surface area contributed by atoms with Crippen LogP contribution in [0.5, 0.6) is 11.5 Å². The van der Waals surface area contributed by atoms with Crippen LogP contribution < -0.4 is 0 Å². The fraction of sp³-hybridized carbons (Fsp3) is 0.368. The minimum Gasteiger partial charge on any atom is -0.508 e. The minimum absolute atomic E-state index is 0.295. The number of rotatable bonds is 8. The molecule has 0 amide bonds. The normalized spacial score (nSPS) is 11.1. The van der Waals surface area contributed by atoms with Gasteiger partial charge in [0, 0.05) is 13.1 Å². The van der Waals surface area contributed by atoms with E-state index < -0.39 is 5.82 Å². The van der Waals surface area contributed by atoms with Crippen LogP contribution in [0, 0.1) is 5.82 Å². The monoisotopic (exact) mass is 317 g/mol. The maximum Gasteiger partial charge on any atom is 0.165 e. The zero-order valence-electron chi connectivity index (χ0n) is 13.5. The molecule has 2 aromatic rings. The molecule has 0 atom stereocenters. The Balaban J connectivity index is 1.89. The number of phenols is 2. The van der Waals surface area contributed by atoms with Gasteiger partial charge >= 0.3 is 0 Å². The van der Waals surface area contributed by atoms with Crippen LogP contribution in [0.25, 0.3) is 0 Å². The van der Waals surface area contributed by atoms with Crippen molar-refractivity contribution in [3.8, 4) is 11.5 Å². The molecule has 0 fully saturated rings. The molecule has 0 spiro atoms. The number of nitrogens with zero attached hydrogens (tertiary/aromatic N) is 1. The first-order valence-electron chi connectivity index (χ1n) is 8.06. The molecule has 2 aromatic carbocycles. The molecular formula is C19H24FNO2. The molecule has 0 aliphatic heterocycles. The van der Waals surface area contributed by atoms with Gasteiger partial charge in [-0.15, -0.1) is 0 Å². The number of hydrogen-bond acceptors (Lipinski definition) is 3. The van der Waals surface area contributed by atoms with Gasteiger partial charge in [-0.2, -0.15) is 0 Å². The molecule has 0 aliphatic carbocycles. The SMILES string of the molecule is CCCN(CCc1cccc(O)c1)CCc1ccc(O)c(F)c1. The minimum atomic E-state index is -0.565. The molecule has 124 valence electrons. The Morgan fingerprint density at radius 3 is 2.22 bits per heavy atom. The van der Waals surface area contributed by atoms with Crippen molar-refractivity contribution >= 4 is 0 Å². The smallest absolute Gasteiger partial charge is 0.165 e. The van der Waals surface area contributed by atoms with Gasteiger partial charge in [0.05, 0.1) is 0 Å². The third-order valence-corrected chi connectivity index (χ3v) is 3.90. The Morgan fingerprint density at radius 2 is 1.61 bits per heavy atom. The van der Waals surface area contributed by atoms with E-state index in [0.717, 1.165) is 50.0 Å². The zero-order valence-corrected chi connectivity index (χ0v) is 13.5. The summed E-state index contributed by atoms with van der Waals surface area (Å²) in [6.07, 6.45) is 2.68. The molecule has 0 bridgehead atoms. The van der Waals surface area contributed by atoms with Crippen molar-refractivity contribution < 1.29 is 14.6 Å². The molecule has 23 heavy (non-hydrogen) atoms. The van der Waals surface area contributed by atoms with E-state index in [4.69, 9.17) is 0 Å².